The Kier molecular flexibility index (Phi) is 4.19. The van der Waals surface area contributed by atoms with Gasteiger partial charge in [0.15, 0.2) is 0 Å². The molecule has 0 radical (unpaired) electrons. The standard InChI is InChI=1S/C17H25NO/c19-13-15-7-5-14(6-8-15)11-16-9-10-18(12-16)17-3-1-2-4-17/h5-8,16-17,19H,1-4,9-13H2. The number of nitrogens with zero attached hydrogens (tertiary/aromatic N) is 1. The Morgan fingerprint density at radius 2 is 1.68 bits per heavy atom. The SMILES string of the molecule is OCc1ccc(CC2CCN(C3CCCC3)C2)cc1. The Labute approximate surface area is 116 Å². The second kappa shape index (κ2) is 6.06. The van der Waals surface area contributed by atoms with Crippen LogP contribution in [-0.2, 0) is 13.0 Å². The van der Waals surface area contributed by atoms with E-state index in [-0.39, 0.29) is 6.61 Å². The molecule has 1 heterocycles. The second-order valence-corrected chi connectivity index (χ2v) is 6.27. The summed E-state index contributed by atoms with van der Waals surface area (Å²) >= 11 is 0. The smallest absolute Gasteiger partial charge is 0.0681 e. The van der Waals surface area contributed by atoms with Gasteiger partial charge in [0.25, 0.3) is 0 Å². The van der Waals surface area contributed by atoms with Gasteiger partial charge in [-0.1, -0.05) is 37.1 Å². The van der Waals surface area contributed by atoms with Gasteiger partial charge in [0.05, 0.1) is 6.61 Å². The molecule has 104 valence electrons. The van der Waals surface area contributed by atoms with Gasteiger partial charge in [-0.25, -0.2) is 0 Å². The predicted molar refractivity (Wildman–Crippen MR) is 78.0 cm³/mol. The highest BCUT2D eigenvalue weighted by Crippen LogP contribution is 2.29. The average Bonchev–Trinajstić information content (AvgIpc) is 3.10. The van der Waals surface area contributed by atoms with Crippen molar-refractivity contribution in [3.63, 3.8) is 0 Å². The Bertz CT molecular complexity index is 394. The van der Waals surface area contributed by atoms with Gasteiger partial charge in [-0.3, -0.25) is 0 Å². The molecule has 2 nitrogen and oxygen atoms in total. The summed E-state index contributed by atoms with van der Waals surface area (Å²) < 4.78 is 0. The summed E-state index contributed by atoms with van der Waals surface area (Å²) in [4.78, 5) is 2.74. The molecule has 1 aromatic carbocycles. The summed E-state index contributed by atoms with van der Waals surface area (Å²) in [6, 6.07) is 9.37. The molecule has 1 aromatic rings. The first kappa shape index (κ1) is 13.1. The fourth-order valence-corrected chi connectivity index (χ4v) is 3.74. The molecule has 1 unspecified atom stereocenters. The van der Waals surface area contributed by atoms with Crippen LogP contribution in [0.15, 0.2) is 24.3 Å². The monoisotopic (exact) mass is 259 g/mol. The lowest BCUT2D eigenvalue weighted by atomic mass is 9.98. The van der Waals surface area contributed by atoms with E-state index < -0.39 is 0 Å². The minimum atomic E-state index is 0.152. The summed E-state index contributed by atoms with van der Waals surface area (Å²) in [5.41, 5.74) is 2.44. The minimum Gasteiger partial charge on any atom is -0.392 e. The first-order valence-electron chi connectivity index (χ1n) is 7.78. The Balaban J connectivity index is 1.53. The molecule has 0 bridgehead atoms. The van der Waals surface area contributed by atoms with E-state index in [0.717, 1.165) is 17.5 Å². The fraction of sp³-hybridized carbons (Fsp3) is 0.647. The van der Waals surface area contributed by atoms with Crippen molar-refractivity contribution in [3.05, 3.63) is 35.4 Å². The second-order valence-electron chi connectivity index (χ2n) is 6.27. The summed E-state index contributed by atoms with van der Waals surface area (Å²) in [6.07, 6.45) is 8.30. The maximum atomic E-state index is 9.06. The van der Waals surface area contributed by atoms with E-state index in [2.05, 4.69) is 29.2 Å². The van der Waals surface area contributed by atoms with Crippen LogP contribution in [0.1, 0.15) is 43.2 Å². The number of aliphatic hydroxyl groups is 1. The van der Waals surface area contributed by atoms with Crippen LogP contribution >= 0.6 is 0 Å². The summed E-state index contributed by atoms with van der Waals surface area (Å²) in [5, 5.41) is 9.06. The molecule has 1 aliphatic heterocycles. The maximum Gasteiger partial charge on any atom is 0.0681 e. The van der Waals surface area contributed by atoms with Gasteiger partial charge >= 0.3 is 0 Å². The number of hydrogen-bond acceptors (Lipinski definition) is 2. The Hall–Kier alpha value is -0.860. The molecular weight excluding hydrogens is 234 g/mol. The zero-order valence-corrected chi connectivity index (χ0v) is 11.7. The van der Waals surface area contributed by atoms with E-state index in [0.29, 0.717) is 0 Å². The Morgan fingerprint density at radius 3 is 2.37 bits per heavy atom. The Morgan fingerprint density at radius 1 is 1.00 bits per heavy atom. The van der Waals surface area contributed by atoms with Gasteiger partial charge in [-0.15, -0.1) is 0 Å². The van der Waals surface area contributed by atoms with Crippen LogP contribution in [0.5, 0.6) is 0 Å². The van der Waals surface area contributed by atoms with Crippen molar-refractivity contribution in [1.82, 2.24) is 4.90 Å². The molecule has 1 N–H and O–H groups in total. The van der Waals surface area contributed by atoms with Gasteiger partial charge in [-0.2, -0.15) is 0 Å². The molecular formula is C17H25NO. The minimum absolute atomic E-state index is 0.152. The molecule has 2 heteroatoms. The number of rotatable bonds is 4. The lowest BCUT2D eigenvalue weighted by molar-refractivity contribution is 0.237. The lowest BCUT2D eigenvalue weighted by Gasteiger charge is -2.23. The lowest BCUT2D eigenvalue weighted by Crippen LogP contribution is -2.31. The molecule has 0 aromatic heterocycles. The van der Waals surface area contributed by atoms with Crippen LogP contribution in [0.3, 0.4) is 0 Å². The van der Waals surface area contributed by atoms with Crippen molar-refractivity contribution in [3.8, 4) is 0 Å². The average molecular weight is 259 g/mol. The van der Waals surface area contributed by atoms with Crippen LogP contribution in [0.4, 0.5) is 0 Å². The van der Waals surface area contributed by atoms with Crippen LogP contribution in [0, 0.1) is 5.92 Å². The molecule has 19 heavy (non-hydrogen) atoms. The maximum absolute atomic E-state index is 9.06. The van der Waals surface area contributed by atoms with Crippen molar-refractivity contribution in [2.24, 2.45) is 5.92 Å². The quantitative estimate of drug-likeness (QED) is 0.898. The molecule has 1 saturated carbocycles. The van der Waals surface area contributed by atoms with E-state index in [1.165, 1.54) is 57.2 Å². The van der Waals surface area contributed by atoms with E-state index in [1.807, 2.05) is 0 Å². The normalized spacial score (nSPS) is 25.2. The molecule has 2 fully saturated rings. The van der Waals surface area contributed by atoms with E-state index in [1.54, 1.807) is 0 Å². The first-order chi connectivity index (χ1) is 9.35. The predicted octanol–water partition coefficient (Wildman–Crippen LogP) is 2.99. The van der Waals surface area contributed by atoms with Crippen molar-refractivity contribution in [2.75, 3.05) is 13.1 Å². The van der Waals surface area contributed by atoms with Crippen molar-refractivity contribution < 1.29 is 5.11 Å². The summed E-state index contributed by atoms with van der Waals surface area (Å²) in [6.45, 7) is 2.76. The van der Waals surface area contributed by atoms with E-state index in [9.17, 15) is 0 Å². The highest BCUT2D eigenvalue weighted by atomic mass is 16.3. The molecule has 1 aliphatic carbocycles. The van der Waals surface area contributed by atoms with Gasteiger partial charge in [-0.05, 0) is 49.3 Å². The third-order valence-electron chi connectivity index (χ3n) is 4.89. The van der Waals surface area contributed by atoms with Crippen molar-refractivity contribution in [1.29, 1.82) is 0 Å². The third-order valence-corrected chi connectivity index (χ3v) is 4.89. The number of aliphatic hydroxyl groups excluding tert-OH is 1. The van der Waals surface area contributed by atoms with Gasteiger partial charge in [0, 0.05) is 12.6 Å². The number of hydrogen-bond donors (Lipinski definition) is 1. The molecule has 1 atom stereocenters. The molecule has 1 saturated heterocycles. The first-order valence-corrected chi connectivity index (χ1v) is 7.78. The zero-order valence-electron chi connectivity index (χ0n) is 11.7. The molecule has 0 amide bonds. The van der Waals surface area contributed by atoms with Gasteiger partial charge in [0.1, 0.15) is 0 Å². The van der Waals surface area contributed by atoms with Crippen molar-refractivity contribution in [2.45, 2.75) is 51.2 Å². The van der Waals surface area contributed by atoms with Crippen molar-refractivity contribution >= 4 is 0 Å². The highest BCUT2D eigenvalue weighted by molar-refractivity contribution is 5.22. The topological polar surface area (TPSA) is 23.5 Å². The van der Waals surface area contributed by atoms with Crippen LogP contribution in [-0.4, -0.2) is 29.1 Å². The van der Waals surface area contributed by atoms with Gasteiger partial charge in [0.2, 0.25) is 0 Å². The zero-order chi connectivity index (χ0) is 13.1. The molecule has 3 rings (SSSR count). The number of benzene rings is 1. The molecule has 0 spiro atoms. The highest BCUT2D eigenvalue weighted by Gasteiger charge is 2.29. The van der Waals surface area contributed by atoms with Crippen LogP contribution < -0.4 is 0 Å². The van der Waals surface area contributed by atoms with E-state index >= 15 is 0 Å². The number of likely N-dealkylation sites (tertiary alicyclic amines) is 1. The fourth-order valence-electron chi connectivity index (χ4n) is 3.74. The van der Waals surface area contributed by atoms with Gasteiger partial charge < -0.3 is 10.0 Å². The summed E-state index contributed by atoms with van der Waals surface area (Å²) in [7, 11) is 0. The van der Waals surface area contributed by atoms with E-state index in [4.69, 9.17) is 5.11 Å². The van der Waals surface area contributed by atoms with Crippen LogP contribution in [0.25, 0.3) is 0 Å². The molecule has 2 aliphatic rings. The largest absolute Gasteiger partial charge is 0.392 e. The third kappa shape index (κ3) is 3.18. The summed E-state index contributed by atoms with van der Waals surface area (Å²) in [5.74, 6) is 0.834. The van der Waals surface area contributed by atoms with Crippen LogP contribution in [0.2, 0.25) is 0 Å².